The molecule has 2 saturated heterocycles. The zero-order valence-electron chi connectivity index (χ0n) is 14.5. The molecule has 1 amide bonds. The van der Waals surface area contributed by atoms with Crippen LogP contribution in [-0.4, -0.2) is 88.1 Å². The lowest BCUT2D eigenvalue weighted by atomic mass is 10.1. The van der Waals surface area contributed by atoms with Crippen molar-refractivity contribution in [2.45, 2.75) is 12.5 Å². The zero-order valence-corrected chi connectivity index (χ0v) is 15.3. The van der Waals surface area contributed by atoms with E-state index in [0.717, 1.165) is 0 Å². The molecule has 0 saturated carbocycles. The fourth-order valence-corrected chi connectivity index (χ4v) is 5.44. The Bertz CT molecular complexity index is 941. The molecule has 144 valence electrons. The minimum absolute atomic E-state index is 0.0261. The van der Waals surface area contributed by atoms with Gasteiger partial charge in [-0.25, -0.2) is 12.8 Å². The average Bonchev–Trinajstić information content (AvgIpc) is 3.31. The van der Waals surface area contributed by atoms with Crippen molar-refractivity contribution in [3.8, 4) is 5.69 Å². The minimum atomic E-state index is -2.94. The van der Waals surface area contributed by atoms with Crippen molar-refractivity contribution in [3.05, 3.63) is 35.9 Å². The summed E-state index contributed by atoms with van der Waals surface area (Å²) in [4.78, 5) is 16.7. The van der Waals surface area contributed by atoms with Crippen molar-refractivity contribution in [2.75, 3.05) is 37.7 Å². The van der Waals surface area contributed by atoms with Crippen LogP contribution in [0.3, 0.4) is 0 Å². The van der Waals surface area contributed by atoms with Crippen LogP contribution in [0.15, 0.2) is 24.5 Å². The fourth-order valence-electron chi connectivity index (χ4n) is 3.67. The molecule has 0 aliphatic carbocycles. The fraction of sp³-hybridized carbons (Fsp3) is 0.500. The maximum atomic E-state index is 13.8. The normalized spacial score (nSPS) is 22.9. The molecule has 2 aliphatic rings. The number of hydrogen-bond acceptors (Lipinski definition) is 7. The molecule has 1 atom stereocenters. The molecule has 1 aromatic carbocycles. The van der Waals surface area contributed by atoms with Crippen molar-refractivity contribution in [1.82, 2.24) is 30.0 Å². The lowest BCUT2D eigenvalue weighted by Gasteiger charge is -2.37. The van der Waals surface area contributed by atoms with Gasteiger partial charge < -0.3 is 4.90 Å². The lowest BCUT2D eigenvalue weighted by molar-refractivity contribution is 0.0587. The monoisotopic (exact) mass is 394 g/mol. The van der Waals surface area contributed by atoms with Crippen LogP contribution in [0, 0.1) is 5.82 Å². The second-order valence-electron chi connectivity index (χ2n) is 6.80. The summed E-state index contributed by atoms with van der Waals surface area (Å²) in [6.07, 6.45) is 1.99. The van der Waals surface area contributed by atoms with Crippen LogP contribution in [-0.2, 0) is 9.84 Å². The van der Waals surface area contributed by atoms with Gasteiger partial charge in [-0.05, 0) is 35.0 Å². The predicted octanol–water partition coefficient (Wildman–Crippen LogP) is -0.254. The van der Waals surface area contributed by atoms with Gasteiger partial charge in [-0.3, -0.25) is 9.69 Å². The Kier molecular flexibility index (Phi) is 4.64. The minimum Gasteiger partial charge on any atom is -0.336 e. The maximum Gasteiger partial charge on any atom is 0.256 e. The standard InChI is InChI=1S/C16H19FN6O3S/c17-12-1-2-15(23-11-18-19-20-23)14(9-12)16(24)22-6-4-21(5-7-22)13-3-8-27(25,26)10-13/h1-2,9,11,13H,3-8,10H2/t13-/m0/s1. The number of carbonyl (C=O) groups is 1. The molecule has 27 heavy (non-hydrogen) atoms. The van der Waals surface area contributed by atoms with Gasteiger partial charge in [0.15, 0.2) is 9.84 Å². The highest BCUT2D eigenvalue weighted by molar-refractivity contribution is 7.91. The summed E-state index contributed by atoms with van der Waals surface area (Å²) in [5.41, 5.74) is 0.606. The van der Waals surface area contributed by atoms with E-state index in [1.165, 1.54) is 29.2 Å². The molecule has 2 aliphatic heterocycles. The van der Waals surface area contributed by atoms with Gasteiger partial charge in [0.1, 0.15) is 12.1 Å². The van der Waals surface area contributed by atoms with Gasteiger partial charge in [-0.1, -0.05) is 0 Å². The number of sulfone groups is 1. The van der Waals surface area contributed by atoms with E-state index in [4.69, 9.17) is 0 Å². The summed E-state index contributed by atoms with van der Waals surface area (Å²) in [5.74, 6) is -0.382. The maximum absolute atomic E-state index is 13.8. The average molecular weight is 394 g/mol. The van der Waals surface area contributed by atoms with Gasteiger partial charge in [-0.15, -0.1) is 5.10 Å². The molecule has 9 nitrogen and oxygen atoms in total. The summed E-state index contributed by atoms with van der Waals surface area (Å²) in [6, 6.07) is 3.94. The first-order chi connectivity index (χ1) is 12.9. The summed E-state index contributed by atoms with van der Waals surface area (Å²) in [5, 5.41) is 10.9. The predicted molar refractivity (Wildman–Crippen MR) is 93.6 cm³/mol. The highest BCUT2D eigenvalue weighted by Crippen LogP contribution is 2.22. The summed E-state index contributed by atoms with van der Waals surface area (Å²) >= 11 is 0. The molecule has 2 fully saturated rings. The quantitative estimate of drug-likeness (QED) is 0.707. The van der Waals surface area contributed by atoms with E-state index in [1.807, 2.05) is 0 Å². The number of hydrogen-bond donors (Lipinski definition) is 0. The first kappa shape index (κ1) is 18.0. The molecule has 2 aromatic rings. The number of carbonyl (C=O) groups excluding carboxylic acids is 1. The van der Waals surface area contributed by atoms with Crippen LogP contribution in [0.4, 0.5) is 4.39 Å². The van der Waals surface area contributed by atoms with Crippen LogP contribution >= 0.6 is 0 Å². The summed E-state index contributed by atoms with van der Waals surface area (Å²) < 4.78 is 38.4. The Balaban J connectivity index is 1.48. The summed E-state index contributed by atoms with van der Waals surface area (Å²) in [7, 11) is -2.94. The first-order valence-electron chi connectivity index (χ1n) is 8.70. The molecule has 4 rings (SSSR count). The van der Waals surface area contributed by atoms with Crippen molar-refractivity contribution in [3.63, 3.8) is 0 Å². The molecule has 0 bridgehead atoms. The molecule has 0 unspecified atom stereocenters. The summed E-state index contributed by atoms with van der Waals surface area (Å²) in [6.45, 7) is 2.12. The Morgan fingerprint density at radius 3 is 2.59 bits per heavy atom. The number of amides is 1. The van der Waals surface area contributed by atoms with E-state index in [-0.39, 0.29) is 29.0 Å². The van der Waals surface area contributed by atoms with Gasteiger partial charge >= 0.3 is 0 Å². The van der Waals surface area contributed by atoms with Crippen LogP contribution in [0.5, 0.6) is 0 Å². The van der Waals surface area contributed by atoms with E-state index in [1.54, 1.807) is 4.90 Å². The largest absolute Gasteiger partial charge is 0.336 e. The molecule has 3 heterocycles. The zero-order chi connectivity index (χ0) is 19.0. The van der Waals surface area contributed by atoms with Gasteiger partial charge in [0.05, 0.1) is 22.8 Å². The van der Waals surface area contributed by atoms with Crippen LogP contribution in [0.25, 0.3) is 5.69 Å². The van der Waals surface area contributed by atoms with E-state index in [9.17, 15) is 17.6 Å². The van der Waals surface area contributed by atoms with E-state index >= 15 is 0 Å². The smallest absolute Gasteiger partial charge is 0.256 e. The number of halogens is 1. The third kappa shape index (κ3) is 3.69. The SMILES string of the molecule is O=C(c1cc(F)ccc1-n1cnnn1)N1CCN([C@H]2CCS(=O)(=O)C2)CC1. The van der Waals surface area contributed by atoms with Gasteiger partial charge in [0.25, 0.3) is 5.91 Å². The molecule has 0 N–H and O–H groups in total. The number of rotatable bonds is 3. The number of benzene rings is 1. The Labute approximate surface area is 155 Å². The molecular weight excluding hydrogens is 375 g/mol. The van der Waals surface area contributed by atoms with Crippen molar-refractivity contribution in [1.29, 1.82) is 0 Å². The van der Waals surface area contributed by atoms with Crippen molar-refractivity contribution >= 4 is 15.7 Å². The lowest BCUT2D eigenvalue weighted by Crippen LogP contribution is -2.52. The highest BCUT2D eigenvalue weighted by Gasteiger charge is 2.34. The van der Waals surface area contributed by atoms with E-state index < -0.39 is 15.7 Å². The van der Waals surface area contributed by atoms with E-state index in [0.29, 0.717) is 38.3 Å². The topological polar surface area (TPSA) is 101 Å². The van der Waals surface area contributed by atoms with Crippen molar-refractivity contribution in [2.24, 2.45) is 0 Å². The van der Waals surface area contributed by atoms with E-state index in [2.05, 4.69) is 20.4 Å². The van der Waals surface area contributed by atoms with Crippen LogP contribution in [0.2, 0.25) is 0 Å². The number of nitrogens with zero attached hydrogens (tertiary/aromatic N) is 6. The third-order valence-electron chi connectivity index (χ3n) is 5.11. The number of tetrazole rings is 1. The molecular formula is C16H19FN6O3S. The Morgan fingerprint density at radius 1 is 1.19 bits per heavy atom. The second-order valence-corrected chi connectivity index (χ2v) is 9.03. The molecule has 0 radical (unpaired) electrons. The van der Waals surface area contributed by atoms with Gasteiger partial charge in [0.2, 0.25) is 0 Å². The van der Waals surface area contributed by atoms with Crippen LogP contribution < -0.4 is 0 Å². The third-order valence-corrected chi connectivity index (χ3v) is 6.86. The highest BCUT2D eigenvalue weighted by atomic mass is 32.2. The number of aromatic nitrogens is 4. The molecule has 1 aromatic heterocycles. The van der Waals surface area contributed by atoms with Gasteiger partial charge in [0, 0.05) is 32.2 Å². The van der Waals surface area contributed by atoms with Gasteiger partial charge in [-0.2, -0.15) is 4.68 Å². The first-order valence-corrected chi connectivity index (χ1v) is 10.5. The Morgan fingerprint density at radius 2 is 1.96 bits per heavy atom. The molecule has 0 spiro atoms. The van der Waals surface area contributed by atoms with Crippen molar-refractivity contribution < 1.29 is 17.6 Å². The Hall–Kier alpha value is -2.40. The van der Waals surface area contributed by atoms with Crippen LogP contribution in [0.1, 0.15) is 16.8 Å². The molecule has 11 heteroatoms. The second kappa shape index (κ2) is 6.97. The number of piperazine rings is 1.